The minimum atomic E-state index is -0.531. The minimum Gasteiger partial charge on any atom is -0.439 e. The molecule has 1 saturated heterocycles. The highest BCUT2D eigenvalue weighted by atomic mass is 19.1. The van der Waals surface area contributed by atoms with Gasteiger partial charge in [-0.2, -0.15) is 0 Å². The van der Waals surface area contributed by atoms with Crippen LogP contribution in [0.2, 0.25) is 0 Å². The molecule has 1 aliphatic heterocycles. The Bertz CT molecular complexity index is 1110. The molecule has 1 amide bonds. The molecule has 164 valence electrons. The summed E-state index contributed by atoms with van der Waals surface area (Å²) < 4.78 is 18.6. The predicted octanol–water partition coefficient (Wildman–Crippen LogP) is 4.77. The molecule has 1 aliphatic rings. The number of anilines is 1. The van der Waals surface area contributed by atoms with Crippen LogP contribution in [-0.2, 0) is 6.54 Å². The second-order valence-electron chi connectivity index (χ2n) is 7.40. The highest BCUT2D eigenvalue weighted by molar-refractivity contribution is 5.99. The van der Waals surface area contributed by atoms with Gasteiger partial charge in [-0.1, -0.05) is 6.07 Å². The fourth-order valence-corrected chi connectivity index (χ4v) is 3.47. The monoisotopic (exact) mass is 436 g/mol. The summed E-state index contributed by atoms with van der Waals surface area (Å²) in [6, 6.07) is 13.6. The van der Waals surface area contributed by atoms with Crippen molar-refractivity contribution in [2.75, 3.05) is 18.4 Å². The van der Waals surface area contributed by atoms with Crippen LogP contribution >= 0.6 is 0 Å². The highest BCUT2D eigenvalue weighted by Crippen LogP contribution is 2.26. The Balaban J connectivity index is 1.42. The molecule has 0 aliphatic carbocycles. The highest BCUT2D eigenvalue weighted by Gasteiger charge is 2.26. The maximum atomic E-state index is 13.0. The first kappa shape index (κ1) is 21.2. The number of halogens is 1. The lowest BCUT2D eigenvalue weighted by Gasteiger charge is -2.16. The number of hydrogen-bond donors (Lipinski definition) is 1. The Labute approximate surface area is 183 Å². The second kappa shape index (κ2) is 9.42. The lowest BCUT2D eigenvalue weighted by atomic mass is 10.1. The first-order valence-corrected chi connectivity index (χ1v) is 10.2. The van der Waals surface area contributed by atoms with E-state index in [-0.39, 0.29) is 23.0 Å². The molecule has 1 fully saturated rings. The van der Waals surface area contributed by atoms with Crippen LogP contribution in [0.15, 0.2) is 60.8 Å². The molecule has 0 radical (unpaired) electrons. The lowest BCUT2D eigenvalue weighted by molar-refractivity contribution is -0.385. The van der Waals surface area contributed by atoms with Crippen LogP contribution < -0.4 is 10.1 Å². The molecule has 0 unspecified atom stereocenters. The van der Waals surface area contributed by atoms with E-state index >= 15 is 0 Å². The molecule has 3 aromatic rings. The van der Waals surface area contributed by atoms with Crippen molar-refractivity contribution < 1.29 is 18.8 Å². The Morgan fingerprint density at radius 2 is 1.88 bits per heavy atom. The maximum Gasteiger partial charge on any atom is 0.282 e. The SMILES string of the molecule is O=C(c1cc(NCc2ccc(Oc3ccc(F)cc3)nc2)ccc1[N+](=O)[O-])N1CCCC1. The first-order valence-electron chi connectivity index (χ1n) is 10.2. The van der Waals surface area contributed by atoms with Crippen molar-refractivity contribution in [1.82, 2.24) is 9.88 Å². The third kappa shape index (κ3) is 5.00. The topological polar surface area (TPSA) is 97.6 Å². The van der Waals surface area contributed by atoms with E-state index in [9.17, 15) is 19.3 Å². The van der Waals surface area contributed by atoms with Crippen LogP contribution in [0, 0.1) is 15.9 Å². The van der Waals surface area contributed by atoms with Crippen molar-refractivity contribution in [3.05, 3.63) is 87.9 Å². The van der Waals surface area contributed by atoms with Crippen LogP contribution in [0.1, 0.15) is 28.8 Å². The molecule has 1 aromatic heterocycles. The summed E-state index contributed by atoms with van der Waals surface area (Å²) in [5.74, 6) is 0.185. The van der Waals surface area contributed by atoms with E-state index in [1.807, 2.05) is 6.07 Å². The summed E-state index contributed by atoms with van der Waals surface area (Å²) in [4.78, 5) is 29.5. The number of likely N-dealkylation sites (tertiary alicyclic amines) is 1. The summed E-state index contributed by atoms with van der Waals surface area (Å²) in [6.45, 7) is 1.64. The van der Waals surface area contributed by atoms with Gasteiger partial charge in [-0.05, 0) is 54.8 Å². The summed E-state index contributed by atoms with van der Waals surface area (Å²) in [5, 5.41) is 14.6. The molecule has 0 atom stereocenters. The molecule has 2 heterocycles. The van der Waals surface area contributed by atoms with Gasteiger partial charge < -0.3 is 15.0 Å². The third-order valence-electron chi connectivity index (χ3n) is 5.15. The van der Waals surface area contributed by atoms with Gasteiger partial charge >= 0.3 is 0 Å². The molecule has 8 nitrogen and oxygen atoms in total. The molecule has 32 heavy (non-hydrogen) atoms. The predicted molar refractivity (Wildman–Crippen MR) is 116 cm³/mol. The van der Waals surface area contributed by atoms with E-state index in [0.717, 1.165) is 18.4 Å². The summed E-state index contributed by atoms with van der Waals surface area (Å²) in [5.41, 5.74) is 1.34. The molecule has 0 spiro atoms. The van der Waals surface area contributed by atoms with Crippen molar-refractivity contribution in [3.63, 3.8) is 0 Å². The number of pyridine rings is 1. The van der Waals surface area contributed by atoms with Gasteiger partial charge in [-0.3, -0.25) is 14.9 Å². The Morgan fingerprint density at radius 1 is 1.12 bits per heavy atom. The van der Waals surface area contributed by atoms with Crippen LogP contribution in [-0.4, -0.2) is 33.8 Å². The van der Waals surface area contributed by atoms with Crippen LogP contribution in [0.3, 0.4) is 0 Å². The molecule has 0 saturated carbocycles. The van der Waals surface area contributed by atoms with E-state index in [2.05, 4.69) is 10.3 Å². The maximum absolute atomic E-state index is 13.0. The second-order valence-corrected chi connectivity index (χ2v) is 7.40. The number of hydrogen-bond acceptors (Lipinski definition) is 6. The number of aromatic nitrogens is 1. The Hall–Kier alpha value is -4.01. The smallest absolute Gasteiger partial charge is 0.282 e. The zero-order valence-corrected chi connectivity index (χ0v) is 17.2. The molecule has 9 heteroatoms. The van der Waals surface area contributed by atoms with Crippen LogP contribution in [0.25, 0.3) is 0 Å². The van der Waals surface area contributed by atoms with Gasteiger partial charge in [0.25, 0.3) is 11.6 Å². The Kier molecular flexibility index (Phi) is 6.25. The molecule has 0 bridgehead atoms. The van der Waals surface area contributed by atoms with Gasteiger partial charge in [-0.15, -0.1) is 0 Å². The standard InChI is InChI=1S/C23H21FN4O4/c24-17-4-7-19(8-5-17)32-22-10-3-16(15-26-22)14-25-18-6-9-21(28(30)31)20(13-18)23(29)27-11-1-2-12-27/h3-10,13,15,25H,1-2,11-12,14H2. The normalized spacial score (nSPS) is 13.1. The summed E-state index contributed by atoms with van der Waals surface area (Å²) in [6.07, 6.45) is 3.45. The minimum absolute atomic E-state index is 0.0862. The number of ether oxygens (including phenoxy) is 1. The van der Waals surface area contributed by atoms with Gasteiger partial charge in [0.2, 0.25) is 5.88 Å². The number of carbonyl (C=O) groups is 1. The quantitative estimate of drug-likeness (QED) is 0.423. The number of nitro benzene ring substituents is 1. The zero-order valence-electron chi connectivity index (χ0n) is 17.2. The molecular formula is C23H21FN4O4. The fourth-order valence-electron chi connectivity index (χ4n) is 3.47. The number of nitro groups is 1. The van der Waals surface area contributed by atoms with Crippen molar-refractivity contribution >= 4 is 17.3 Å². The van der Waals surface area contributed by atoms with Gasteiger partial charge in [-0.25, -0.2) is 9.37 Å². The fraction of sp³-hybridized carbons (Fsp3) is 0.217. The molecular weight excluding hydrogens is 415 g/mol. The van der Waals surface area contributed by atoms with Gasteiger partial charge in [0.05, 0.1) is 4.92 Å². The van der Waals surface area contributed by atoms with E-state index in [1.165, 1.54) is 36.4 Å². The van der Waals surface area contributed by atoms with E-state index < -0.39 is 4.92 Å². The molecule has 4 rings (SSSR count). The number of nitrogens with zero attached hydrogens (tertiary/aromatic N) is 3. The van der Waals surface area contributed by atoms with Gasteiger partial charge in [0.1, 0.15) is 17.1 Å². The van der Waals surface area contributed by atoms with Crippen molar-refractivity contribution in [2.45, 2.75) is 19.4 Å². The number of benzene rings is 2. The largest absolute Gasteiger partial charge is 0.439 e. The zero-order chi connectivity index (χ0) is 22.5. The lowest BCUT2D eigenvalue weighted by Crippen LogP contribution is -2.28. The van der Waals surface area contributed by atoms with Crippen LogP contribution in [0.4, 0.5) is 15.8 Å². The van der Waals surface area contributed by atoms with E-state index in [0.29, 0.717) is 37.0 Å². The number of nitrogens with one attached hydrogen (secondary N) is 1. The Morgan fingerprint density at radius 3 is 2.53 bits per heavy atom. The van der Waals surface area contributed by atoms with Crippen LogP contribution in [0.5, 0.6) is 11.6 Å². The van der Waals surface area contributed by atoms with Gasteiger partial charge in [0, 0.05) is 43.7 Å². The third-order valence-corrected chi connectivity index (χ3v) is 5.15. The average molecular weight is 436 g/mol. The first-order chi connectivity index (χ1) is 15.5. The number of rotatable bonds is 7. The van der Waals surface area contributed by atoms with Crippen molar-refractivity contribution in [1.29, 1.82) is 0 Å². The van der Waals surface area contributed by atoms with Gasteiger partial charge in [0.15, 0.2) is 0 Å². The number of carbonyl (C=O) groups excluding carboxylic acids is 1. The summed E-state index contributed by atoms with van der Waals surface area (Å²) >= 11 is 0. The summed E-state index contributed by atoms with van der Waals surface area (Å²) in [7, 11) is 0. The average Bonchev–Trinajstić information content (AvgIpc) is 3.34. The van der Waals surface area contributed by atoms with Crippen molar-refractivity contribution in [3.8, 4) is 11.6 Å². The molecule has 2 aromatic carbocycles. The molecule has 1 N–H and O–H groups in total. The van der Waals surface area contributed by atoms with E-state index in [1.54, 1.807) is 23.2 Å². The van der Waals surface area contributed by atoms with E-state index in [4.69, 9.17) is 4.74 Å². The number of amides is 1. The van der Waals surface area contributed by atoms with Crippen molar-refractivity contribution in [2.24, 2.45) is 0 Å².